The maximum atomic E-state index is 6.29. The molecule has 1 aromatic carbocycles. The van der Waals surface area contributed by atoms with E-state index in [1.54, 1.807) is 0 Å². The average Bonchev–Trinajstić information content (AvgIpc) is 2.83. The van der Waals surface area contributed by atoms with E-state index in [0.717, 1.165) is 35.8 Å². The third kappa shape index (κ3) is 3.11. The molecule has 17 heavy (non-hydrogen) atoms. The van der Waals surface area contributed by atoms with Crippen molar-refractivity contribution in [2.24, 2.45) is 0 Å². The summed E-state index contributed by atoms with van der Waals surface area (Å²) >= 11 is 6.29. The van der Waals surface area contributed by atoms with Crippen molar-refractivity contribution < 1.29 is 0 Å². The predicted octanol–water partition coefficient (Wildman–Crippen LogP) is 3.83. The molecule has 0 spiro atoms. The van der Waals surface area contributed by atoms with Gasteiger partial charge in [-0.05, 0) is 36.7 Å². The van der Waals surface area contributed by atoms with Gasteiger partial charge in [-0.15, -0.1) is 0 Å². The summed E-state index contributed by atoms with van der Waals surface area (Å²) in [7, 11) is 0. The van der Waals surface area contributed by atoms with Crippen LogP contribution in [-0.2, 0) is 6.54 Å². The Morgan fingerprint density at radius 1 is 1.29 bits per heavy atom. The lowest BCUT2D eigenvalue weighted by molar-refractivity contribution is 0.675. The number of aromatic nitrogens is 1. The monoisotopic (exact) mass is 248 g/mol. The van der Waals surface area contributed by atoms with Crippen LogP contribution in [0.4, 0.5) is 0 Å². The van der Waals surface area contributed by atoms with Gasteiger partial charge in [-0.2, -0.15) is 0 Å². The first-order valence-corrected chi connectivity index (χ1v) is 6.32. The Balaban J connectivity index is 2.12. The molecular weight excluding hydrogens is 232 g/mol. The number of rotatable bonds is 5. The number of aromatic amines is 1. The Kier molecular flexibility index (Phi) is 4.24. The minimum absolute atomic E-state index is 0.795. The summed E-state index contributed by atoms with van der Waals surface area (Å²) in [6.07, 6.45) is 3.05. The summed E-state index contributed by atoms with van der Waals surface area (Å²) in [4.78, 5) is 3.17. The molecule has 2 aromatic rings. The van der Waals surface area contributed by atoms with E-state index < -0.39 is 0 Å². The molecule has 2 rings (SSSR count). The van der Waals surface area contributed by atoms with Crippen LogP contribution < -0.4 is 5.32 Å². The van der Waals surface area contributed by atoms with E-state index in [1.807, 2.05) is 24.4 Å². The van der Waals surface area contributed by atoms with Gasteiger partial charge in [0.2, 0.25) is 0 Å². The molecule has 0 bridgehead atoms. The van der Waals surface area contributed by atoms with Crippen LogP contribution in [0.1, 0.15) is 18.9 Å². The largest absolute Gasteiger partial charge is 0.361 e. The lowest BCUT2D eigenvalue weighted by atomic mass is 10.1. The molecule has 2 N–H and O–H groups in total. The molecule has 1 aromatic heterocycles. The number of halogens is 1. The molecule has 0 aliphatic heterocycles. The smallest absolute Gasteiger partial charge is 0.0502 e. The molecule has 3 heteroatoms. The number of hydrogen-bond acceptors (Lipinski definition) is 1. The quantitative estimate of drug-likeness (QED) is 0.774. The first kappa shape index (κ1) is 12.2. The Hall–Kier alpha value is -1.25. The highest BCUT2D eigenvalue weighted by Crippen LogP contribution is 2.27. The first-order valence-electron chi connectivity index (χ1n) is 5.94. The molecule has 0 amide bonds. The molecule has 0 saturated carbocycles. The van der Waals surface area contributed by atoms with E-state index in [0.29, 0.717) is 0 Å². The van der Waals surface area contributed by atoms with Crippen LogP contribution in [0.5, 0.6) is 0 Å². The number of hydrogen-bond donors (Lipinski definition) is 2. The third-order valence-corrected chi connectivity index (χ3v) is 2.99. The highest BCUT2D eigenvalue weighted by atomic mass is 35.5. The van der Waals surface area contributed by atoms with Crippen LogP contribution in [0.25, 0.3) is 11.3 Å². The Morgan fingerprint density at radius 3 is 2.82 bits per heavy atom. The van der Waals surface area contributed by atoms with Gasteiger partial charge in [-0.3, -0.25) is 0 Å². The fraction of sp³-hybridized carbons (Fsp3) is 0.286. The summed E-state index contributed by atoms with van der Waals surface area (Å²) in [5, 5.41) is 4.16. The molecule has 0 aliphatic rings. The Bertz CT molecular complexity index is 463. The summed E-state index contributed by atoms with van der Waals surface area (Å²) < 4.78 is 0. The van der Waals surface area contributed by atoms with Crippen LogP contribution in [0.3, 0.4) is 0 Å². The fourth-order valence-electron chi connectivity index (χ4n) is 1.79. The van der Waals surface area contributed by atoms with Gasteiger partial charge in [0.15, 0.2) is 0 Å². The minimum Gasteiger partial charge on any atom is -0.361 e. The van der Waals surface area contributed by atoms with Crippen LogP contribution in [0, 0.1) is 0 Å². The third-order valence-electron chi connectivity index (χ3n) is 2.68. The van der Waals surface area contributed by atoms with Crippen molar-refractivity contribution in [1.82, 2.24) is 10.3 Å². The van der Waals surface area contributed by atoms with E-state index in [-0.39, 0.29) is 0 Å². The maximum absolute atomic E-state index is 6.29. The number of nitrogens with one attached hydrogen (secondary N) is 2. The van der Waals surface area contributed by atoms with E-state index in [9.17, 15) is 0 Å². The molecule has 0 aliphatic carbocycles. The Labute approximate surface area is 107 Å². The Morgan fingerprint density at radius 2 is 2.18 bits per heavy atom. The summed E-state index contributed by atoms with van der Waals surface area (Å²) in [6, 6.07) is 10.2. The van der Waals surface area contributed by atoms with E-state index in [1.165, 1.54) is 5.56 Å². The molecule has 0 fully saturated rings. The van der Waals surface area contributed by atoms with Crippen molar-refractivity contribution in [1.29, 1.82) is 0 Å². The van der Waals surface area contributed by atoms with Gasteiger partial charge < -0.3 is 10.3 Å². The highest BCUT2D eigenvalue weighted by molar-refractivity contribution is 6.33. The van der Waals surface area contributed by atoms with Crippen molar-refractivity contribution in [3.05, 3.63) is 47.1 Å². The standard InChI is InChI=1S/C14H17ClN2/c1-2-7-16-10-11-5-6-12(13(15)9-11)14-4-3-8-17-14/h3-6,8-9,16-17H,2,7,10H2,1H3. The predicted molar refractivity (Wildman–Crippen MR) is 73.2 cm³/mol. The number of benzene rings is 1. The second kappa shape index (κ2) is 5.89. The maximum Gasteiger partial charge on any atom is 0.0502 e. The topological polar surface area (TPSA) is 27.8 Å². The van der Waals surface area contributed by atoms with E-state index in [2.05, 4.69) is 29.4 Å². The first-order chi connectivity index (χ1) is 8.31. The number of H-pyrrole nitrogens is 1. The van der Waals surface area contributed by atoms with Gasteiger partial charge in [0.25, 0.3) is 0 Å². The molecule has 0 atom stereocenters. The second-order valence-electron chi connectivity index (χ2n) is 4.07. The molecular formula is C14H17ClN2. The van der Waals surface area contributed by atoms with Crippen LogP contribution in [0.15, 0.2) is 36.5 Å². The van der Waals surface area contributed by atoms with Crippen LogP contribution in [0.2, 0.25) is 5.02 Å². The molecule has 0 radical (unpaired) electrons. The van der Waals surface area contributed by atoms with Crippen LogP contribution in [-0.4, -0.2) is 11.5 Å². The molecule has 0 saturated heterocycles. The van der Waals surface area contributed by atoms with E-state index >= 15 is 0 Å². The normalized spacial score (nSPS) is 10.7. The zero-order chi connectivity index (χ0) is 12.1. The highest BCUT2D eigenvalue weighted by Gasteiger charge is 2.04. The van der Waals surface area contributed by atoms with Gasteiger partial charge in [0.05, 0.1) is 5.02 Å². The lowest BCUT2D eigenvalue weighted by Crippen LogP contribution is -2.13. The van der Waals surface area contributed by atoms with Gasteiger partial charge in [0, 0.05) is 24.0 Å². The van der Waals surface area contributed by atoms with Crippen molar-refractivity contribution in [3.8, 4) is 11.3 Å². The molecule has 1 heterocycles. The van der Waals surface area contributed by atoms with Crippen molar-refractivity contribution in [2.45, 2.75) is 19.9 Å². The summed E-state index contributed by atoms with van der Waals surface area (Å²) in [5.41, 5.74) is 3.33. The average molecular weight is 249 g/mol. The second-order valence-corrected chi connectivity index (χ2v) is 4.48. The lowest BCUT2D eigenvalue weighted by Gasteiger charge is -2.07. The summed E-state index contributed by atoms with van der Waals surface area (Å²) in [6.45, 7) is 4.07. The van der Waals surface area contributed by atoms with Gasteiger partial charge in [-0.25, -0.2) is 0 Å². The van der Waals surface area contributed by atoms with Gasteiger partial charge in [-0.1, -0.05) is 30.7 Å². The molecule has 0 unspecified atom stereocenters. The van der Waals surface area contributed by atoms with Crippen LogP contribution >= 0.6 is 11.6 Å². The summed E-state index contributed by atoms with van der Waals surface area (Å²) in [5.74, 6) is 0. The molecule has 90 valence electrons. The fourth-order valence-corrected chi connectivity index (χ4v) is 2.10. The minimum atomic E-state index is 0.795. The van der Waals surface area contributed by atoms with E-state index in [4.69, 9.17) is 11.6 Å². The zero-order valence-electron chi connectivity index (χ0n) is 9.96. The van der Waals surface area contributed by atoms with Gasteiger partial charge >= 0.3 is 0 Å². The van der Waals surface area contributed by atoms with Crippen molar-refractivity contribution in [3.63, 3.8) is 0 Å². The molecule has 2 nitrogen and oxygen atoms in total. The van der Waals surface area contributed by atoms with Crippen molar-refractivity contribution >= 4 is 11.6 Å². The SMILES string of the molecule is CCCNCc1ccc(-c2ccc[nH]2)c(Cl)c1. The van der Waals surface area contributed by atoms with Crippen molar-refractivity contribution in [2.75, 3.05) is 6.54 Å². The van der Waals surface area contributed by atoms with Gasteiger partial charge in [0.1, 0.15) is 0 Å². The zero-order valence-corrected chi connectivity index (χ0v) is 10.7.